The second-order valence-electron chi connectivity index (χ2n) is 3.41. The third kappa shape index (κ3) is 2.94. The van der Waals surface area contributed by atoms with Crippen LogP contribution in [0, 0.1) is 17.0 Å². The van der Waals surface area contributed by atoms with Crippen LogP contribution in [0.3, 0.4) is 0 Å². The van der Waals surface area contributed by atoms with Crippen LogP contribution in [-0.2, 0) is 10.6 Å². The van der Waals surface area contributed by atoms with Crippen molar-refractivity contribution in [3.63, 3.8) is 0 Å². The van der Waals surface area contributed by atoms with Gasteiger partial charge in [0.05, 0.1) is 17.1 Å². The number of hydrogen-bond donors (Lipinski definition) is 0. The zero-order valence-electron chi connectivity index (χ0n) is 9.53. The molecule has 0 unspecified atom stereocenters. The quantitative estimate of drug-likeness (QED) is 0.360. The van der Waals surface area contributed by atoms with Gasteiger partial charge in [-0.2, -0.15) is 0 Å². The first-order valence-corrected chi connectivity index (χ1v) is 5.55. The Morgan fingerprint density at radius 2 is 2.18 bits per heavy atom. The summed E-state index contributed by atoms with van der Waals surface area (Å²) in [5.41, 5.74) is 1.05. The van der Waals surface area contributed by atoms with Crippen LogP contribution >= 0.6 is 11.6 Å². The fourth-order valence-corrected chi connectivity index (χ4v) is 1.68. The molecule has 0 aromatic heterocycles. The van der Waals surface area contributed by atoms with Gasteiger partial charge in [0.1, 0.15) is 0 Å². The van der Waals surface area contributed by atoms with Gasteiger partial charge >= 0.3 is 5.97 Å². The average Bonchev–Trinajstić information content (AvgIpc) is 2.28. The van der Waals surface area contributed by atoms with Crippen molar-refractivity contribution >= 4 is 23.3 Å². The third-order valence-electron chi connectivity index (χ3n) is 2.26. The van der Waals surface area contributed by atoms with Gasteiger partial charge in [0.2, 0.25) is 0 Å². The van der Waals surface area contributed by atoms with E-state index >= 15 is 0 Å². The summed E-state index contributed by atoms with van der Waals surface area (Å²) in [4.78, 5) is 21.8. The van der Waals surface area contributed by atoms with Gasteiger partial charge in [-0.1, -0.05) is 0 Å². The highest BCUT2D eigenvalue weighted by Gasteiger charge is 2.19. The lowest BCUT2D eigenvalue weighted by atomic mass is 10.0. The number of ether oxygens (including phenoxy) is 1. The molecule has 17 heavy (non-hydrogen) atoms. The maximum absolute atomic E-state index is 11.6. The fourth-order valence-electron chi connectivity index (χ4n) is 1.46. The number of nitro groups is 1. The Labute approximate surface area is 103 Å². The molecule has 1 rings (SSSR count). The summed E-state index contributed by atoms with van der Waals surface area (Å²) in [6.07, 6.45) is 0. The summed E-state index contributed by atoms with van der Waals surface area (Å²) in [6, 6.07) is 2.75. The second-order valence-corrected chi connectivity index (χ2v) is 3.67. The van der Waals surface area contributed by atoms with Crippen LogP contribution in [0.15, 0.2) is 12.1 Å². The summed E-state index contributed by atoms with van der Waals surface area (Å²) >= 11 is 5.70. The topological polar surface area (TPSA) is 69.4 Å². The van der Waals surface area contributed by atoms with Crippen molar-refractivity contribution in [1.29, 1.82) is 0 Å². The number of nitro benzene ring substituents is 1. The number of hydrogen-bond acceptors (Lipinski definition) is 4. The molecule has 0 amide bonds. The van der Waals surface area contributed by atoms with E-state index in [-0.39, 0.29) is 23.7 Å². The Bertz CT molecular complexity index is 459. The van der Waals surface area contributed by atoms with Crippen molar-refractivity contribution in [2.24, 2.45) is 0 Å². The molecule has 0 fully saturated rings. The SMILES string of the molecule is CCOC(=O)c1cc([N+](=O)[O-])c(C)cc1CCl. The van der Waals surface area contributed by atoms with Gasteiger partial charge in [0.15, 0.2) is 0 Å². The van der Waals surface area contributed by atoms with Crippen LogP contribution in [0.5, 0.6) is 0 Å². The molecule has 0 heterocycles. The number of carbonyl (C=O) groups excluding carboxylic acids is 1. The molecule has 0 atom stereocenters. The van der Waals surface area contributed by atoms with E-state index in [1.807, 2.05) is 0 Å². The van der Waals surface area contributed by atoms with Crippen molar-refractivity contribution in [3.05, 3.63) is 38.9 Å². The smallest absolute Gasteiger partial charge is 0.338 e. The minimum Gasteiger partial charge on any atom is -0.462 e. The molecular formula is C11H12ClNO4. The molecule has 0 radical (unpaired) electrons. The molecule has 6 heteroatoms. The van der Waals surface area contributed by atoms with Crippen LogP contribution in [0.1, 0.15) is 28.4 Å². The summed E-state index contributed by atoms with van der Waals surface area (Å²) < 4.78 is 4.82. The second kappa shape index (κ2) is 5.63. The molecule has 92 valence electrons. The Kier molecular flexibility index (Phi) is 4.45. The molecule has 0 aliphatic carbocycles. The summed E-state index contributed by atoms with van der Waals surface area (Å²) in [7, 11) is 0. The lowest BCUT2D eigenvalue weighted by molar-refractivity contribution is -0.385. The van der Waals surface area contributed by atoms with E-state index in [0.29, 0.717) is 11.1 Å². The molecule has 0 saturated carbocycles. The number of esters is 1. The first kappa shape index (κ1) is 13.4. The molecule has 1 aromatic rings. The zero-order chi connectivity index (χ0) is 13.0. The highest BCUT2D eigenvalue weighted by molar-refractivity contribution is 6.17. The van der Waals surface area contributed by atoms with Gasteiger partial charge in [-0.15, -0.1) is 11.6 Å². The Morgan fingerprint density at radius 1 is 1.53 bits per heavy atom. The number of aryl methyl sites for hydroxylation is 1. The predicted molar refractivity (Wildman–Crippen MR) is 63.3 cm³/mol. The molecular weight excluding hydrogens is 246 g/mol. The van der Waals surface area contributed by atoms with E-state index in [1.54, 1.807) is 13.8 Å². The minimum atomic E-state index is -0.591. The van der Waals surface area contributed by atoms with Crippen molar-refractivity contribution in [2.45, 2.75) is 19.7 Å². The Morgan fingerprint density at radius 3 is 2.65 bits per heavy atom. The zero-order valence-corrected chi connectivity index (χ0v) is 10.3. The average molecular weight is 258 g/mol. The summed E-state index contributed by atoms with van der Waals surface area (Å²) in [5, 5.41) is 10.8. The van der Waals surface area contributed by atoms with Crippen LogP contribution in [0.4, 0.5) is 5.69 Å². The van der Waals surface area contributed by atoms with Crippen LogP contribution in [-0.4, -0.2) is 17.5 Å². The van der Waals surface area contributed by atoms with E-state index in [1.165, 1.54) is 12.1 Å². The molecule has 0 saturated heterocycles. The van der Waals surface area contributed by atoms with Gasteiger partial charge in [-0.05, 0) is 25.5 Å². The number of halogens is 1. The third-order valence-corrected chi connectivity index (χ3v) is 2.55. The van der Waals surface area contributed by atoms with E-state index in [2.05, 4.69) is 0 Å². The van der Waals surface area contributed by atoms with Gasteiger partial charge in [0.25, 0.3) is 5.69 Å². The maximum atomic E-state index is 11.6. The van der Waals surface area contributed by atoms with E-state index in [4.69, 9.17) is 16.3 Å². The lowest BCUT2D eigenvalue weighted by Crippen LogP contribution is -2.09. The van der Waals surface area contributed by atoms with Crippen molar-refractivity contribution in [2.75, 3.05) is 6.61 Å². The predicted octanol–water partition coefficient (Wildman–Crippen LogP) is 2.82. The number of rotatable bonds is 4. The van der Waals surface area contributed by atoms with Gasteiger partial charge < -0.3 is 4.74 Å². The number of benzene rings is 1. The van der Waals surface area contributed by atoms with Crippen LogP contribution < -0.4 is 0 Å². The lowest BCUT2D eigenvalue weighted by Gasteiger charge is -2.08. The standard InChI is InChI=1S/C11H12ClNO4/c1-3-17-11(14)9-5-10(13(15)16)7(2)4-8(9)6-12/h4-5H,3,6H2,1-2H3. The first-order chi connectivity index (χ1) is 8.01. The fraction of sp³-hybridized carbons (Fsp3) is 0.364. The highest BCUT2D eigenvalue weighted by Crippen LogP contribution is 2.24. The molecule has 1 aromatic carbocycles. The van der Waals surface area contributed by atoms with Crippen molar-refractivity contribution < 1.29 is 14.5 Å². The van der Waals surface area contributed by atoms with Gasteiger partial charge in [0, 0.05) is 17.5 Å². The largest absolute Gasteiger partial charge is 0.462 e. The minimum absolute atomic E-state index is 0.104. The van der Waals surface area contributed by atoms with E-state index in [0.717, 1.165) is 0 Å². The molecule has 0 bridgehead atoms. The van der Waals surface area contributed by atoms with Crippen LogP contribution in [0.25, 0.3) is 0 Å². The Balaban J connectivity index is 3.31. The van der Waals surface area contributed by atoms with Crippen molar-refractivity contribution in [1.82, 2.24) is 0 Å². The number of nitrogens with zero attached hydrogens (tertiary/aromatic N) is 1. The Hall–Kier alpha value is -1.62. The molecule has 5 nitrogen and oxygen atoms in total. The number of alkyl halides is 1. The molecule has 0 spiro atoms. The van der Waals surface area contributed by atoms with E-state index < -0.39 is 10.9 Å². The highest BCUT2D eigenvalue weighted by atomic mass is 35.5. The summed E-state index contributed by atoms with van der Waals surface area (Å²) in [5.74, 6) is -0.487. The first-order valence-electron chi connectivity index (χ1n) is 5.02. The van der Waals surface area contributed by atoms with Gasteiger partial charge in [-0.25, -0.2) is 4.79 Å². The summed E-state index contributed by atoms with van der Waals surface area (Å²) in [6.45, 7) is 3.48. The maximum Gasteiger partial charge on any atom is 0.338 e. The normalized spacial score (nSPS) is 10.1. The molecule has 0 N–H and O–H groups in total. The number of carbonyl (C=O) groups is 1. The molecule has 0 aliphatic rings. The van der Waals surface area contributed by atoms with E-state index in [9.17, 15) is 14.9 Å². The van der Waals surface area contributed by atoms with Gasteiger partial charge in [-0.3, -0.25) is 10.1 Å². The molecule has 0 aliphatic heterocycles. The van der Waals surface area contributed by atoms with Crippen molar-refractivity contribution in [3.8, 4) is 0 Å². The van der Waals surface area contributed by atoms with Crippen LogP contribution in [0.2, 0.25) is 0 Å². The monoisotopic (exact) mass is 257 g/mol.